The van der Waals surface area contributed by atoms with Crippen LogP contribution in [0.4, 0.5) is 0 Å². The lowest BCUT2D eigenvalue weighted by atomic mass is 9.99. The number of carboxylic acids is 1. The highest BCUT2D eigenvalue weighted by Gasteiger charge is 2.19. The second-order valence-corrected chi connectivity index (χ2v) is 3.95. The molecule has 0 aliphatic rings. The molecule has 3 N–H and O–H groups in total. The van der Waals surface area contributed by atoms with Gasteiger partial charge in [0.15, 0.2) is 5.78 Å². The van der Waals surface area contributed by atoms with E-state index in [0.29, 0.717) is 11.3 Å². The molecule has 0 heterocycles. The highest BCUT2D eigenvalue weighted by molar-refractivity contribution is 6.01. The van der Waals surface area contributed by atoms with Crippen LogP contribution in [0, 0.1) is 0 Å². The molecule has 1 aromatic carbocycles. The number of Topliss-reactive ketones (excluding diaryl/α,β-unsaturated/α-hetero) is 1. The zero-order valence-corrected chi connectivity index (χ0v) is 10.5. The summed E-state index contributed by atoms with van der Waals surface area (Å²) in [6.07, 6.45) is 0.352. The Morgan fingerprint density at radius 2 is 2.11 bits per heavy atom. The van der Waals surface area contributed by atoms with Crippen LogP contribution >= 0.6 is 0 Å². The lowest BCUT2D eigenvalue weighted by molar-refractivity contribution is -0.137. The van der Waals surface area contributed by atoms with Crippen LogP contribution < -0.4 is 10.5 Å². The van der Waals surface area contributed by atoms with E-state index in [4.69, 9.17) is 15.6 Å². The molecule has 0 bridgehead atoms. The lowest BCUT2D eigenvalue weighted by Gasteiger charge is -2.11. The molecule has 0 aromatic heterocycles. The molecule has 0 radical (unpaired) electrons. The molecule has 0 saturated heterocycles. The third-order valence-electron chi connectivity index (χ3n) is 2.68. The second-order valence-electron chi connectivity index (χ2n) is 3.95. The van der Waals surface area contributed by atoms with Crippen LogP contribution in [0.1, 0.15) is 29.3 Å². The Labute approximate surface area is 106 Å². The maximum absolute atomic E-state index is 11.9. The van der Waals surface area contributed by atoms with Crippen molar-refractivity contribution in [2.75, 3.05) is 7.11 Å². The zero-order valence-electron chi connectivity index (χ0n) is 10.5. The van der Waals surface area contributed by atoms with Crippen molar-refractivity contribution in [1.82, 2.24) is 0 Å². The standard InChI is InChI=1S/C13H17NO4/c1-3-8-6-9(4-5-11(8)18-2)13(17)10(14)7-12(15)16/h4-6,10H,3,7,14H2,1-2H3,(H,15,16). The van der Waals surface area contributed by atoms with E-state index >= 15 is 0 Å². The first-order chi connectivity index (χ1) is 8.49. The molecule has 0 spiro atoms. The summed E-state index contributed by atoms with van der Waals surface area (Å²) >= 11 is 0. The van der Waals surface area contributed by atoms with Crippen LogP contribution in [0.15, 0.2) is 18.2 Å². The summed E-state index contributed by atoms with van der Waals surface area (Å²) in [6.45, 7) is 1.95. The summed E-state index contributed by atoms with van der Waals surface area (Å²) in [6, 6.07) is 3.98. The van der Waals surface area contributed by atoms with Gasteiger partial charge in [0, 0.05) is 5.56 Å². The fraction of sp³-hybridized carbons (Fsp3) is 0.385. The SMILES string of the molecule is CCc1cc(C(=O)C(N)CC(=O)O)ccc1OC. The molecule has 5 heteroatoms. The fourth-order valence-corrected chi connectivity index (χ4v) is 1.70. The van der Waals surface area contributed by atoms with Gasteiger partial charge in [-0.15, -0.1) is 0 Å². The van der Waals surface area contributed by atoms with Crippen molar-refractivity contribution in [1.29, 1.82) is 0 Å². The minimum atomic E-state index is -1.08. The Hall–Kier alpha value is -1.88. The zero-order chi connectivity index (χ0) is 13.7. The quantitative estimate of drug-likeness (QED) is 0.742. The highest BCUT2D eigenvalue weighted by atomic mass is 16.5. The van der Waals surface area contributed by atoms with Crippen molar-refractivity contribution in [2.24, 2.45) is 5.73 Å². The largest absolute Gasteiger partial charge is 0.496 e. The van der Waals surface area contributed by atoms with E-state index in [2.05, 4.69) is 0 Å². The van der Waals surface area contributed by atoms with Crippen LogP contribution in [0.2, 0.25) is 0 Å². The summed E-state index contributed by atoms with van der Waals surface area (Å²) in [4.78, 5) is 22.4. The third kappa shape index (κ3) is 3.30. The molecule has 0 aliphatic carbocycles. The normalized spacial score (nSPS) is 11.9. The number of aliphatic carboxylic acids is 1. The van der Waals surface area contributed by atoms with E-state index in [1.54, 1.807) is 25.3 Å². The van der Waals surface area contributed by atoms with Crippen LogP contribution in [0.3, 0.4) is 0 Å². The molecule has 0 aliphatic heterocycles. The van der Waals surface area contributed by atoms with Crippen molar-refractivity contribution >= 4 is 11.8 Å². The van der Waals surface area contributed by atoms with E-state index in [0.717, 1.165) is 12.0 Å². The monoisotopic (exact) mass is 251 g/mol. The number of carbonyl (C=O) groups excluding carboxylic acids is 1. The Morgan fingerprint density at radius 1 is 1.44 bits per heavy atom. The van der Waals surface area contributed by atoms with Gasteiger partial charge in [0.2, 0.25) is 0 Å². The van der Waals surface area contributed by atoms with Gasteiger partial charge >= 0.3 is 5.97 Å². The molecule has 1 unspecified atom stereocenters. The Morgan fingerprint density at radius 3 is 2.61 bits per heavy atom. The molecule has 0 amide bonds. The number of ether oxygens (including phenoxy) is 1. The first-order valence-electron chi connectivity index (χ1n) is 5.68. The maximum atomic E-state index is 11.9. The predicted octanol–water partition coefficient (Wildman–Crippen LogP) is 1.24. The molecule has 98 valence electrons. The topological polar surface area (TPSA) is 89.6 Å². The van der Waals surface area contributed by atoms with E-state index < -0.39 is 12.0 Å². The summed E-state index contributed by atoms with van der Waals surface area (Å²) in [5, 5.41) is 8.61. The van der Waals surface area contributed by atoms with Gasteiger partial charge in [0.25, 0.3) is 0 Å². The summed E-state index contributed by atoms with van der Waals surface area (Å²) in [5.74, 6) is -0.740. The van der Waals surface area contributed by atoms with Crippen LogP contribution in [-0.2, 0) is 11.2 Å². The van der Waals surface area contributed by atoms with E-state index in [1.165, 1.54) is 0 Å². The minimum absolute atomic E-state index is 0.366. The number of carboxylic acid groups (broad SMARTS) is 1. The number of methoxy groups -OCH3 is 1. The number of carbonyl (C=O) groups is 2. The third-order valence-corrected chi connectivity index (χ3v) is 2.68. The van der Waals surface area contributed by atoms with Gasteiger partial charge in [-0.1, -0.05) is 6.92 Å². The van der Waals surface area contributed by atoms with Crippen LogP contribution in [0.5, 0.6) is 5.75 Å². The fourth-order valence-electron chi connectivity index (χ4n) is 1.70. The Kier molecular flexibility index (Phi) is 4.85. The highest BCUT2D eigenvalue weighted by Crippen LogP contribution is 2.21. The molecule has 1 atom stereocenters. The summed E-state index contributed by atoms with van der Waals surface area (Å²) in [5.41, 5.74) is 6.86. The number of hydrogen-bond acceptors (Lipinski definition) is 4. The van der Waals surface area contributed by atoms with Gasteiger partial charge in [-0.25, -0.2) is 0 Å². The van der Waals surface area contributed by atoms with Crippen molar-refractivity contribution in [3.05, 3.63) is 29.3 Å². The number of rotatable bonds is 6. The molecule has 1 rings (SSSR count). The van der Waals surface area contributed by atoms with Gasteiger partial charge in [-0.3, -0.25) is 9.59 Å². The summed E-state index contributed by atoms with van der Waals surface area (Å²) < 4.78 is 5.16. The lowest BCUT2D eigenvalue weighted by Crippen LogP contribution is -2.33. The van der Waals surface area contributed by atoms with E-state index in [-0.39, 0.29) is 12.2 Å². The minimum Gasteiger partial charge on any atom is -0.496 e. The second kappa shape index (κ2) is 6.16. The number of aryl methyl sites for hydroxylation is 1. The molecule has 0 fully saturated rings. The van der Waals surface area contributed by atoms with Gasteiger partial charge in [0.1, 0.15) is 5.75 Å². The Bertz CT molecular complexity index is 456. The summed E-state index contributed by atoms with van der Waals surface area (Å²) in [7, 11) is 1.56. The van der Waals surface area contributed by atoms with Crippen molar-refractivity contribution < 1.29 is 19.4 Å². The van der Waals surface area contributed by atoms with Gasteiger partial charge in [-0.2, -0.15) is 0 Å². The molecule has 0 saturated carbocycles. The Balaban J connectivity index is 2.96. The van der Waals surface area contributed by atoms with E-state index in [9.17, 15) is 9.59 Å². The van der Waals surface area contributed by atoms with Crippen LogP contribution in [0.25, 0.3) is 0 Å². The number of benzene rings is 1. The number of ketones is 1. The molecular formula is C13H17NO4. The van der Waals surface area contributed by atoms with E-state index in [1.807, 2.05) is 6.92 Å². The molecule has 18 heavy (non-hydrogen) atoms. The number of nitrogens with two attached hydrogens (primary N) is 1. The van der Waals surface area contributed by atoms with Crippen molar-refractivity contribution in [3.8, 4) is 5.75 Å². The van der Waals surface area contributed by atoms with Gasteiger partial charge < -0.3 is 15.6 Å². The smallest absolute Gasteiger partial charge is 0.305 e. The molecular weight excluding hydrogens is 234 g/mol. The average Bonchev–Trinajstić information content (AvgIpc) is 2.36. The first kappa shape index (κ1) is 14.2. The van der Waals surface area contributed by atoms with Crippen LogP contribution in [-0.4, -0.2) is 30.0 Å². The van der Waals surface area contributed by atoms with Crippen molar-refractivity contribution in [3.63, 3.8) is 0 Å². The number of hydrogen-bond donors (Lipinski definition) is 2. The molecule has 5 nitrogen and oxygen atoms in total. The average molecular weight is 251 g/mol. The first-order valence-corrected chi connectivity index (χ1v) is 5.68. The van der Waals surface area contributed by atoms with Crippen molar-refractivity contribution in [2.45, 2.75) is 25.8 Å². The van der Waals surface area contributed by atoms with Gasteiger partial charge in [0.05, 0.1) is 19.6 Å². The van der Waals surface area contributed by atoms with Gasteiger partial charge in [-0.05, 0) is 30.2 Å². The molecule has 1 aromatic rings. The predicted molar refractivity (Wildman–Crippen MR) is 66.9 cm³/mol. The maximum Gasteiger partial charge on any atom is 0.305 e.